The second kappa shape index (κ2) is 9.97. The van der Waals surface area contributed by atoms with Gasteiger partial charge in [0, 0.05) is 0 Å². The maximum absolute atomic E-state index is 9.12. The summed E-state index contributed by atoms with van der Waals surface area (Å²) in [6.45, 7) is 11.5. The molecule has 0 fully saturated rings. The number of nitrogens with zero attached hydrogens (tertiary/aromatic N) is 4. The van der Waals surface area contributed by atoms with E-state index in [1.54, 1.807) is 0 Å². The molecule has 0 rings (SSSR count). The molecule has 2 atom stereocenters. The lowest BCUT2D eigenvalue weighted by Gasteiger charge is -2.25. The Labute approximate surface area is 135 Å². The molecule has 0 spiro atoms. The predicted octanol–water partition coefficient (Wildman–Crippen LogP) is 4.94. The van der Waals surface area contributed by atoms with Gasteiger partial charge in [0.1, 0.15) is 0 Å². The zero-order chi connectivity index (χ0) is 14.4. The Kier molecular flexibility index (Phi) is 12.1. The fourth-order valence-corrected chi connectivity index (χ4v) is 1.78. The van der Waals surface area contributed by atoms with E-state index in [0.717, 1.165) is 12.8 Å². The average Bonchev–Trinajstić information content (AvgIpc) is 2.34. The first kappa shape index (κ1) is 24.2. The third-order valence-electron chi connectivity index (χ3n) is 3.36. The van der Waals surface area contributed by atoms with Crippen LogP contribution in [0.25, 0.3) is 0 Å². The fourth-order valence-electron chi connectivity index (χ4n) is 1.78. The first-order chi connectivity index (χ1) is 8.25. The molecule has 0 aliphatic carbocycles. The molecule has 0 amide bonds. The molecule has 0 saturated heterocycles. The predicted molar refractivity (Wildman–Crippen MR) is 86.3 cm³/mol. The van der Waals surface area contributed by atoms with Crippen LogP contribution in [0.2, 0.25) is 0 Å². The summed E-state index contributed by atoms with van der Waals surface area (Å²) in [6, 6.07) is 4.30. The summed E-state index contributed by atoms with van der Waals surface area (Å²) in [6.07, 6.45) is 1.54. The Morgan fingerprint density at radius 1 is 0.800 bits per heavy atom. The van der Waals surface area contributed by atoms with Gasteiger partial charge in [-0.15, -0.1) is 24.8 Å². The van der Waals surface area contributed by atoms with Gasteiger partial charge < -0.3 is 0 Å². The van der Waals surface area contributed by atoms with Crippen molar-refractivity contribution in [2.75, 3.05) is 0 Å². The van der Waals surface area contributed by atoms with Crippen molar-refractivity contribution in [1.82, 2.24) is 0 Å². The molecule has 0 aliphatic rings. The minimum Gasteiger partial charge on any atom is -0.198 e. The average molecular weight is 321 g/mol. The van der Waals surface area contributed by atoms with Gasteiger partial charge in [0.2, 0.25) is 0 Å². The van der Waals surface area contributed by atoms with E-state index in [0.29, 0.717) is 0 Å². The van der Waals surface area contributed by atoms with Gasteiger partial charge in [-0.1, -0.05) is 13.8 Å². The number of rotatable bonds is 6. The van der Waals surface area contributed by atoms with Gasteiger partial charge in [-0.05, 0) is 40.5 Å². The Morgan fingerprint density at radius 2 is 1.05 bits per heavy atom. The summed E-state index contributed by atoms with van der Waals surface area (Å²) < 4.78 is 0. The van der Waals surface area contributed by atoms with Crippen molar-refractivity contribution in [3.63, 3.8) is 0 Å². The van der Waals surface area contributed by atoms with Crippen molar-refractivity contribution in [2.24, 2.45) is 21.1 Å². The maximum atomic E-state index is 9.12. The summed E-state index contributed by atoms with van der Waals surface area (Å²) in [5.41, 5.74) is -1.04. The van der Waals surface area contributed by atoms with Gasteiger partial charge in [0.15, 0.2) is 0 Å². The molecule has 2 unspecified atom stereocenters. The van der Waals surface area contributed by atoms with Gasteiger partial charge in [0.05, 0.1) is 35.1 Å². The summed E-state index contributed by atoms with van der Waals surface area (Å²) in [7, 11) is 0. The lowest BCUT2D eigenvalue weighted by atomic mass is 9.84. The number of nitriles is 2. The minimum atomic E-state index is -0.521. The van der Waals surface area contributed by atoms with Gasteiger partial charge in [-0.3, -0.25) is 0 Å². The van der Waals surface area contributed by atoms with Crippen molar-refractivity contribution in [3.05, 3.63) is 0 Å². The van der Waals surface area contributed by atoms with Crippen LogP contribution in [0, 0.1) is 33.5 Å². The zero-order valence-electron chi connectivity index (χ0n) is 13.2. The largest absolute Gasteiger partial charge is 0.198 e. The topological polar surface area (TPSA) is 72.3 Å². The Balaban J connectivity index is -0.00000144. The molecule has 0 aliphatic heterocycles. The van der Waals surface area contributed by atoms with Crippen LogP contribution in [-0.4, -0.2) is 12.1 Å². The van der Waals surface area contributed by atoms with Crippen molar-refractivity contribution >= 4 is 24.8 Å². The summed E-state index contributed by atoms with van der Waals surface area (Å²) in [5.74, 6) is 0. The van der Waals surface area contributed by atoms with E-state index in [1.807, 2.05) is 41.5 Å². The molecule has 0 N–H and O–H groups in total. The molecular formula is C14H26Cl2N4. The van der Waals surface area contributed by atoms with Crippen LogP contribution >= 0.6 is 24.8 Å². The van der Waals surface area contributed by atoms with E-state index in [2.05, 4.69) is 22.4 Å². The molecular weight excluding hydrogens is 295 g/mol. The van der Waals surface area contributed by atoms with Gasteiger partial charge in [-0.2, -0.15) is 20.8 Å². The highest BCUT2D eigenvalue weighted by atomic mass is 35.5. The van der Waals surface area contributed by atoms with Crippen LogP contribution in [0.4, 0.5) is 0 Å². The molecule has 0 saturated carbocycles. The maximum Gasteiger partial charge on any atom is 0.0886 e. The highest BCUT2D eigenvalue weighted by Gasteiger charge is 2.31. The molecule has 0 aromatic rings. The lowest BCUT2D eigenvalue weighted by molar-refractivity contribution is 0.322. The smallest absolute Gasteiger partial charge is 0.0886 e. The molecule has 0 aromatic carbocycles. The van der Waals surface area contributed by atoms with Gasteiger partial charge in [0.25, 0.3) is 0 Å². The molecule has 116 valence electrons. The van der Waals surface area contributed by atoms with E-state index >= 15 is 0 Å². The van der Waals surface area contributed by atoms with Crippen LogP contribution in [0.3, 0.4) is 0 Å². The summed E-state index contributed by atoms with van der Waals surface area (Å²) in [5, 5.41) is 26.9. The molecule has 0 heterocycles. The van der Waals surface area contributed by atoms with Crippen molar-refractivity contribution < 1.29 is 0 Å². The highest BCUT2D eigenvalue weighted by molar-refractivity contribution is 5.85. The third kappa shape index (κ3) is 6.55. The quantitative estimate of drug-likeness (QED) is 0.650. The van der Waals surface area contributed by atoms with E-state index in [-0.39, 0.29) is 36.9 Å². The standard InChI is InChI=1S/C14H24N4.2ClH/c1-7-11(13(3,4)9-15)17-18-12(8-2)14(5,6)10-16;;/h11-12H,7-8H2,1-6H3;2*1H. The Bertz CT molecular complexity index is 342. The third-order valence-corrected chi connectivity index (χ3v) is 3.36. The molecule has 6 heteroatoms. The van der Waals surface area contributed by atoms with Crippen LogP contribution in [0.1, 0.15) is 54.4 Å². The number of hydrogen-bond donors (Lipinski definition) is 0. The molecule has 4 nitrogen and oxygen atoms in total. The first-order valence-electron chi connectivity index (χ1n) is 6.47. The molecule has 0 bridgehead atoms. The van der Waals surface area contributed by atoms with Gasteiger partial charge in [-0.25, -0.2) is 0 Å². The van der Waals surface area contributed by atoms with E-state index in [4.69, 9.17) is 10.5 Å². The first-order valence-corrected chi connectivity index (χ1v) is 6.47. The van der Waals surface area contributed by atoms with E-state index in [9.17, 15) is 0 Å². The molecule has 20 heavy (non-hydrogen) atoms. The number of hydrogen-bond acceptors (Lipinski definition) is 4. The molecule has 0 radical (unpaired) electrons. The van der Waals surface area contributed by atoms with E-state index < -0.39 is 10.8 Å². The fraction of sp³-hybridized carbons (Fsp3) is 0.857. The highest BCUT2D eigenvalue weighted by Crippen LogP contribution is 2.29. The lowest BCUT2D eigenvalue weighted by Crippen LogP contribution is -2.28. The normalized spacial score (nSPS) is 14.4. The van der Waals surface area contributed by atoms with E-state index in [1.165, 1.54) is 0 Å². The van der Waals surface area contributed by atoms with Crippen LogP contribution in [0.5, 0.6) is 0 Å². The van der Waals surface area contributed by atoms with Crippen molar-refractivity contribution in [3.8, 4) is 12.1 Å². The van der Waals surface area contributed by atoms with Crippen LogP contribution < -0.4 is 0 Å². The monoisotopic (exact) mass is 320 g/mol. The van der Waals surface area contributed by atoms with Crippen LogP contribution in [-0.2, 0) is 0 Å². The van der Waals surface area contributed by atoms with Crippen LogP contribution in [0.15, 0.2) is 10.2 Å². The summed E-state index contributed by atoms with van der Waals surface area (Å²) in [4.78, 5) is 0. The van der Waals surface area contributed by atoms with Crippen molar-refractivity contribution in [1.29, 1.82) is 10.5 Å². The van der Waals surface area contributed by atoms with Gasteiger partial charge >= 0.3 is 0 Å². The zero-order valence-corrected chi connectivity index (χ0v) is 14.8. The second-order valence-corrected chi connectivity index (χ2v) is 5.75. The SMILES string of the molecule is CCC(N=NC(CC)C(C)(C)C#N)C(C)(C)C#N.Cl.Cl. The number of halogens is 2. The number of azo groups is 1. The second-order valence-electron chi connectivity index (χ2n) is 5.75. The van der Waals surface area contributed by atoms with Crippen molar-refractivity contribution in [2.45, 2.75) is 66.5 Å². The minimum absolute atomic E-state index is 0. The molecule has 0 aromatic heterocycles. The Morgan fingerprint density at radius 3 is 1.20 bits per heavy atom. The Hall–Kier alpha value is -0.840. The summed E-state index contributed by atoms with van der Waals surface area (Å²) >= 11 is 0.